The van der Waals surface area contributed by atoms with Crippen molar-refractivity contribution >= 4 is 16.1 Å². The maximum absolute atomic E-state index is 3.41. The second-order valence-electron chi connectivity index (χ2n) is 5.12. The van der Waals surface area contributed by atoms with Crippen LogP contribution in [0.4, 0.5) is 0 Å². The minimum absolute atomic E-state index is 1.11. The van der Waals surface area contributed by atoms with E-state index in [1.807, 2.05) is 12.2 Å². The van der Waals surface area contributed by atoms with E-state index in [-0.39, 0.29) is 0 Å². The van der Waals surface area contributed by atoms with Crippen molar-refractivity contribution in [3.63, 3.8) is 0 Å². The van der Waals surface area contributed by atoms with E-state index in [4.69, 9.17) is 0 Å². The van der Waals surface area contributed by atoms with Crippen LogP contribution in [-0.4, -0.2) is 16.1 Å². The van der Waals surface area contributed by atoms with Gasteiger partial charge < -0.3 is 0 Å². The van der Waals surface area contributed by atoms with Crippen LogP contribution in [0.2, 0.25) is 39.3 Å². The topological polar surface area (TPSA) is 0 Å². The molecule has 12 heavy (non-hydrogen) atoms. The summed E-state index contributed by atoms with van der Waals surface area (Å²) in [6.45, 7) is 13.7. The van der Waals surface area contributed by atoms with E-state index in [1.54, 1.807) is 0 Å². The van der Waals surface area contributed by atoms with E-state index in [0.717, 1.165) is 0 Å². The van der Waals surface area contributed by atoms with E-state index in [9.17, 15) is 0 Å². The Balaban J connectivity index is 4.00. The molecule has 0 aromatic carbocycles. The molecule has 0 aliphatic carbocycles. The first kappa shape index (κ1) is 11.9. The van der Waals surface area contributed by atoms with Crippen molar-refractivity contribution in [2.24, 2.45) is 0 Å². The lowest BCUT2D eigenvalue weighted by atomic mass is 10.6. The summed E-state index contributed by atoms with van der Waals surface area (Å²) >= 11 is 0. The minimum atomic E-state index is -1.11. The van der Waals surface area contributed by atoms with Gasteiger partial charge in [0.15, 0.2) is 0 Å². The molecule has 0 fully saturated rings. The summed E-state index contributed by atoms with van der Waals surface area (Å²) in [6, 6.07) is 0. The molecule has 0 heterocycles. The summed E-state index contributed by atoms with van der Waals surface area (Å²) in [5, 5.41) is 0. The van der Waals surface area contributed by atoms with Gasteiger partial charge in [-0.25, -0.2) is 0 Å². The Morgan fingerprint density at radius 3 is 1.08 bits per heavy atom. The Morgan fingerprint density at radius 1 is 0.667 bits per heavy atom. The van der Waals surface area contributed by atoms with Crippen molar-refractivity contribution in [2.75, 3.05) is 0 Å². The van der Waals surface area contributed by atoms with Gasteiger partial charge in [-0.15, -0.1) is 0 Å². The molecule has 0 amide bonds. The summed E-state index contributed by atoms with van der Waals surface area (Å²) in [5.41, 5.74) is 6.82. The van der Waals surface area contributed by atoms with E-state index >= 15 is 0 Å². The molecule has 2 radical (unpaired) electrons. The van der Waals surface area contributed by atoms with Gasteiger partial charge in [0.1, 0.15) is 0 Å². The van der Waals surface area contributed by atoms with Gasteiger partial charge in [0.25, 0.3) is 0 Å². The molecule has 68 valence electrons. The smallest absolute Gasteiger partial charge is 0.0656 e. The molecule has 0 atom stereocenters. The number of allylic oxidation sites excluding steroid dienone is 2. The van der Waals surface area contributed by atoms with Crippen molar-refractivity contribution < 1.29 is 0 Å². The number of hydrogen-bond acceptors (Lipinski definition) is 0. The fourth-order valence-corrected chi connectivity index (χ4v) is 1.75. The highest BCUT2D eigenvalue weighted by Gasteiger charge is 2.08. The van der Waals surface area contributed by atoms with Gasteiger partial charge in [-0.2, -0.15) is 0 Å². The first-order valence-electron chi connectivity index (χ1n) is 4.41. The second-order valence-corrected chi connectivity index (χ2v) is 14.7. The minimum Gasteiger partial charge on any atom is -0.0656 e. The Kier molecular flexibility index (Phi) is 4.21. The van der Waals surface area contributed by atoms with Gasteiger partial charge in [0.05, 0.1) is 16.1 Å². The van der Waals surface area contributed by atoms with Gasteiger partial charge in [0.2, 0.25) is 0 Å². The van der Waals surface area contributed by atoms with Crippen molar-refractivity contribution in [3.05, 3.63) is 23.6 Å². The highest BCUT2D eigenvalue weighted by molar-refractivity contribution is 6.79. The van der Waals surface area contributed by atoms with Gasteiger partial charge >= 0.3 is 0 Å². The summed E-state index contributed by atoms with van der Waals surface area (Å²) in [4.78, 5) is 0. The normalized spacial score (nSPS) is 14.8. The molecular weight excluding hydrogens is 176 g/mol. The molecule has 0 aliphatic heterocycles. The van der Waals surface area contributed by atoms with Gasteiger partial charge in [-0.3, -0.25) is 0 Å². The lowest BCUT2D eigenvalue weighted by Gasteiger charge is -2.07. The zero-order chi connectivity index (χ0) is 9.83. The largest absolute Gasteiger partial charge is 0.0774 e. The van der Waals surface area contributed by atoms with E-state index in [0.29, 0.717) is 0 Å². The Morgan fingerprint density at radius 2 is 0.917 bits per heavy atom. The fraction of sp³-hybridized carbons (Fsp3) is 0.600. The molecule has 2 heteroatoms. The predicted molar refractivity (Wildman–Crippen MR) is 62.3 cm³/mol. The third kappa shape index (κ3) is 9.91. The van der Waals surface area contributed by atoms with Crippen molar-refractivity contribution in [3.8, 4) is 0 Å². The van der Waals surface area contributed by atoms with Crippen LogP contribution in [0, 0.1) is 11.4 Å². The van der Waals surface area contributed by atoms with Crippen molar-refractivity contribution in [1.82, 2.24) is 0 Å². The van der Waals surface area contributed by atoms with E-state index in [2.05, 4.69) is 50.7 Å². The lowest BCUT2D eigenvalue weighted by Crippen LogP contribution is -2.17. The molecule has 0 bridgehead atoms. The molecule has 0 aliphatic rings. The second kappa shape index (κ2) is 4.24. The Labute approximate surface area is 79.4 Å². The molecule has 0 spiro atoms. The molecular formula is C10H20Si2. The average molecular weight is 196 g/mol. The molecule has 0 saturated heterocycles. The first-order valence-corrected chi connectivity index (χ1v) is 11.4. The van der Waals surface area contributed by atoms with Crippen LogP contribution in [-0.2, 0) is 0 Å². The molecule has 0 nitrogen and oxygen atoms in total. The zero-order valence-electron chi connectivity index (χ0n) is 9.15. The third-order valence-corrected chi connectivity index (χ3v) is 3.18. The van der Waals surface area contributed by atoms with Crippen molar-refractivity contribution in [2.45, 2.75) is 39.3 Å². The fourth-order valence-electron chi connectivity index (χ4n) is 0.583. The highest BCUT2D eigenvalue weighted by Crippen LogP contribution is 2.03. The van der Waals surface area contributed by atoms with Gasteiger partial charge in [-0.05, 0) is 0 Å². The molecule has 0 saturated carbocycles. The Bertz CT molecular complexity index is 155. The SMILES string of the molecule is C[Si](C)(C)/[C]=C/C=[C]/[Si](C)(C)C. The van der Waals surface area contributed by atoms with Crippen LogP contribution >= 0.6 is 0 Å². The highest BCUT2D eigenvalue weighted by atomic mass is 28.3. The van der Waals surface area contributed by atoms with E-state index < -0.39 is 16.1 Å². The maximum atomic E-state index is 3.41. The molecule has 0 rings (SSSR count). The first-order chi connectivity index (χ1) is 5.21. The van der Waals surface area contributed by atoms with Crippen molar-refractivity contribution in [1.29, 1.82) is 0 Å². The number of rotatable bonds is 3. The predicted octanol–water partition coefficient (Wildman–Crippen LogP) is 3.46. The van der Waals surface area contributed by atoms with Crippen LogP contribution < -0.4 is 0 Å². The molecule has 0 unspecified atom stereocenters. The lowest BCUT2D eigenvalue weighted by molar-refractivity contribution is 1.69. The van der Waals surface area contributed by atoms with Crippen LogP contribution in [0.5, 0.6) is 0 Å². The van der Waals surface area contributed by atoms with Crippen LogP contribution in [0.1, 0.15) is 0 Å². The summed E-state index contributed by atoms with van der Waals surface area (Å²) in [7, 11) is -2.23. The quantitative estimate of drug-likeness (QED) is 0.479. The molecule has 0 aromatic heterocycles. The molecule has 0 aromatic rings. The van der Waals surface area contributed by atoms with Crippen LogP contribution in [0.3, 0.4) is 0 Å². The summed E-state index contributed by atoms with van der Waals surface area (Å²) in [5.74, 6) is 0. The zero-order valence-corrected chi connectivity index (χ0v) is 11.2. The third-order valence-electron chi connectivity index (χ3n) is 1.12. The monoisotopic (exact) mass is 196 g/mol. The summed E-state index contributed by atoms with van der Waals surface area (Å²) < 4.78 is 0. The standard InChI is InChI=1S/C10H20Si2/c1-11(2,3)9-7-8-10-12(4,5)6/h7-8H,1-6H3. The summed E-state index contributed by atoms with van der Waals surface area (Å²) in [6.07, 6.45) is 4.09. The number of hydrogen-bond donors (Lipinski definition) is 0. The maximum Gasteiger partial charge on any atom is 0.0774 e. The van der Waals surface area contributed by atoms with Gasteiger partial charge in [-0.1, -0.05) is 62.8 Å². The van der Waals surface area contributed by atoms with Crippen LogP contribution in [0.25, 0.3) is 0 Å². The van der Waals surface area contributed by atoms with Gasteiger partial charge in [0, 0.05) is 0 Å². The van der Waals surface area contributed by atoms with Crippen LogP contribution in [0.15, 0.2) is 12.2 Å². The average Bonchev–Trinajstić information content (AvgIpc) is 1.76. The van der Waals surface area contributed by atoms with E-state index in [1.165, 1.54) is 0 Å². The molecule has 0 N–H and O–H groups in total. The Hall–Kier alpha value is -0.0862.